The van der Waals surface area contributed by atoms with Crippen LogP contribution in [0, 0.1) is 5.92 Å². The molecule has 2 aliphatic rings. The van der Waals surface area contributed by atoms with Crippen LogP contribution in [-0.2, 0) is 20.6 Å². The van der Waals surface area contributed by atoms with Crippen molar-refractivity contribution < 1.29 is 32.3 Å². The van der Waals surface area contributed by atoms with Gasteiger partial charge in [-0.15, -0.1) is 0 Å². The molecule has 2 fully saturated rings. The highest BCUT2D eigenvalue weighted by Gasteiger charge is 2.60. The minimum Gasteiger partial charge on any atom is -0.497 e. The Hall–Kier alpha value is -3.85. The van der Waals surface area contributed by atoms with Crippen molar-refractivity contribution >= 4 is 23.2 Å². The predicted molar refractivity (Wildman–Crippen MR) is 117 cm³/mol. The van der Waals surface area contributed by atoms with E-state index < -0.39 is 41.6 Å². The third kappa shape index (κ3) is 3.58. The van der Waals surface area contributed by atoms with Gasteiger partial charge in [0.2, 0.25) is 5.91 Å². The molecule has 9 heteroatoms. The number of halogens is 3. The number of rotatable bonds is 4. The van der Waals surface area contributed by atoms with E-state index in [2.05, 4.69) is 0 Å². The number of para-hydroxylation sites is 1. The molecule has 0 aromatic heterocycles. The Morgan fingerprint density at radius 1 is 0.853 bits per heavy atom. The molecule has 5 rings (SSSR count). The Bertz CT molecular complexity index is 1250. The summed E-state index contributed by atoms with van der Waals surface area (Å²) in [5.41, 5.74) is 0.219. The van der Waals surface area contributed by atoms with Crippen LogP contribution in [0.25, 0.3) is 0 Å². The third-order valence-electron chi connectivity index (χ3n) is 5.99. The molecule has 3 aromatic carbocycles. The van der Waals surface area contributed by atoms with Crippen LogP contribution in [0.1, 0.15) is 17.2 Å². The SMILES string of the molecule is COc1cccc([C@H]2[C@H]3C(=O)N(c4cccc(C(F)(F)F)c4)C(=O)[C@@H]3ON2c2ccccc2)c1. The lowest BCUT2D eigenvalue weighted by molar-refractivity contribution is -0.137. The minimum absolute atomic E-state index is 0.140. The molecule has 0 radical (unpaired) electrons. The van der Waals surface area contributed by atoms with Gasteiger partial charge in [0.1, 0.15) is 11.7 Å². The number of hydrogen-bond donors (Lipinski definition) is 0. The number of amides is 2. The molecule has 2 amide bonds. The van der Waals surface area contributed by atoms with Crippen LogP contribution in [0.15, 0.2) is 78.9 Å². The molecule has 3 aromatic rings. The molecular weight excluding hydrogens is 449 g/mol. The van der Waals surface area contributed by atoms with Gasteiger partial charge in [0.15, 0.2) is 6.10 Å². The number of nitrogens with zero attached hydrogens (tertiary/aromatic N) is 2. The van der Waals surface area contributed by atoms with Gasteiger partial charge < -0.3 is 4.74 Å². The van der Waals surface area contributed by atoms with E-state index in [-0.39, 0.29) is 5.69 Å². The van der Waals surface area contributed by atoms with E-state index >= 15 is 0 Å². The molecule has 174 valence electrons. The van der Waals surface area contributed by atoms with E-state index in [1.165, 1.54) is 24.3 Å². The first-order valence-electron chi connectivity index (χ1n) is 10.5. The van der Waals surface area contributed by atoms with Crippen LogP contribution in [0.3, 0.4) is 0 Å². The monoisotopic (exact) mass is 468 g/mol. The van der Waals surface area contributed by atoms with Crippen molar-refractivity contribution in [2.24, 2.45) is 5.92 Å². The number of methoxy groups -OCH3 is 1. The lowest BCUT2D eigenvalue weighted by Gasteiger charge is -2.29. The minimum atomic E-state index is -4.61. The van der Waals surface area contributed by atoms with Gasteiger partial charge in [0.05, 0.1) is 30.1 Å². The second-order valence-corrected chi connectivity index (χ2v) is 7.99. The summed E-state index contributed by atoms with van der Waals surface area (Å²) in [5.74, 6) is -1.74. The quantitative estimate of drug-likeness (QED) is 0.517. The Balaban J connectivity index is 1.58. The Morgan fingerprint density at radius 3 is 2.26 bits per heavy atom. The molecule has 0 aliphatic carbocycles. The van der Waals surface area contributed by atoms with Gasteiger partial charge in [-0.05, 0) is 48.0 Å². The average Bonchev–Trinajstić information content (AvgIpc) is 3.35. The summed E-state index contributed by atoms with van der Waals surface area (Å²) in [4.78, 5) is 33.6. The molecule has 3 atom stereocenters. The lowest BCUT2D eigenvalue weighted by atomic mass is 9.90. The maximum atomic E-state index is 13.6. The van der Waals surface area contributed by atoms with Crippen molar-refractivity contribution in [3.05, 3.63) is 90.0 Å². The fourth-order valence-electron chi connectivity index (χ4n) is 4.45. The summed E-state index contributed by atoms with van der Waals surface area (Å²) < 4.78 is 45.0. The molecule has 2 heterocycles. The summed E-state index contributed by atoms with van der Waals surface area (Å²) >= 11 is 0. The molecule has 0 spiro atoms. The van der Waals surface area contributed by atoms with Crippen molar-refractivity contribution in [3.63, 3.8) is 0 Å². The number of benzene rings is 3. The van der Waals surface area contributed by atoms with E-state index in [1.807, 2.05) is 6.07 Å². The summed E-state index contributed by atoms with van der Waals surface area (Å²) in [6.07, 6.45) is -5.79. The van der Waals surface area contributed by atoms with E-state index in [0.29, 0.717) is 17.0 Å². The molecule has 0 saturated carbocycles. The van der Waals surface area contributed by atoms with Crippen LogP contribution < -0.4 is 14.7 Å². The zero-order valence-corrected chi connectivity index (χ0v) is 17.9. The smallest absolute Gasteiger partial charge is 0.416 e. The summed E-state index contributed by atoms with van der Waals surface area (Å²) in [5, 5.41) is 1.52. The van der Waals surface area contributed by atoms with E-state index in [4.69, 9.17) is 9.57 Å². The molecule has 6 nitrogen and oxygen atoms in total. The number of imide groups is 1. The van der Waals surface area contributed by atoms with E-state index in [9.17, 15) is 22.8 Å². The molecule has 0 N–H and O–H groups in total. The fraction of sp³-hybridized carbons (Fsp3) is 0.200. The summed E-state index contributed by atoms with van der Waals surface area (Å²) in [7, 11) is 1.52. The van der Waals surface area contributed by atoms with E-state index in [1.54, 1.807) is 48.5 Å². The maximum Gasteiger partial charge on any atom is 0.416 e. The summed E-state index contributed by atoms with van der Waals surface area (Å²) in [6.45, 7) is 0. The molecular formula is C25H19F3N2O4. The first-order valence-corrected chi connectivity index (χ1v) is 10.5. The lowest BCUT2D eigenvalue weighted by Crippen LogP contribution is -2.37. The number of alkyl halides is 3. The first kappa shape index (κ1) is 22.0. The van der Waals surface area contributed by atoms with Crippen molar-refractivity contribution in [1.29, 1.82) is 0 Å². The second kappa shape index (κ2) is 8.18. The number of hydroxylamine groups is 1. The highest BCUT2D eigenvalue weighted by atomic mass is 19.4. The van der Waals surface area contributed by atoms with Crippen LogP contribution >= 0.6 is 0 Å². The van der Waals surface area contributed by atoms with Gasteiger partial charge in [0, 0.05) is 0 Å². The number of hydrogen-bond acceptors (Lipinski definition) is 5. The van der Waals surface area contributed by atoms with Crippen LogP contribution in [0.4, 0.5) is 24.5 Å². The highest BCUT2D eigenvalue weighted by Crippen LogP contribution is 2.48. The fourth-order valence-corrected chi connectivity index (χ4v) is 4.45. The Labute approximate surface area is 193 Å². The van der Waals surface area contributed by atoms with Gasteiger partial charge in [-0.2, -0.15) is 13.2 Å². The van der Waals surface area contributed by atoms with Crippen molar-refractivity contribution in [2.45, 2.75) is 18.3 Å². The molecule has 2 aliphatic heterocycles. The van der Waals surface area contributed by atoms with Crippen molar-refractivity contribution in [1.82, 2.24) is 0 Å². The molecule has 0 bridgehead atoms. The first-order chi connectivity index (χ1) is 16.3. The number of ether oxygens (including phenoxy) is 1. The summed E-state index contributed by atoms with van der Waals surface area (Å²) in [6, 6.07) is 19.5. The van der Waals surface area contributed by atoms with Gasteiger partial charge in [-0.3, -0.25) is 14.4 Å². The largest absolute Gasteiger partial charge is 0.497 e. The Kier molecular flexibility index (Phi) is 5.28. The normalized spacial score (nSPS) is 22.3. The topological polar surface area (TPSA) is 59.1 Å². The Morgan fingerprint density at radius 2 is 1.56 bits per heavy atom. The zero-order chi connectivity index (χ0) is 24.0. The number of anilines is 2. The third-order valence-corrected chi connectivity index (χ3v) is 5.99. The molecule has 2 saturated heterocycles. The van der Waals surface area contributed by atoms with E-state index in [0.717, 1.165) is 17.0 Å². The van der Waals surface area contributed by atoms with Crippen molar-refractivity contribution in [2.75, 3.05) is 17.1 Å². The maximum absolute atomic E-state index is 13.6. The van der Waals surface area contributed by atoms with Gasteiger partial charge >= 0.3 is 6.18 Å². The molecule has 0 unspecified atom stereocenters. The van der Waals surface area contributed by atoms with Gasteiger partial charge in [0.25, 0.3) is 5.91 Å². The average molecular weight is 468 g/mol. The van der Waals surface area contributed by atoms with Crippen LogP contribution in [-0.4, -0.2) is 25.0 Å². The van der Waals surface area contributed by atoms with Gasteiger partial charge in [-0.1, -0.05) is 36.4 Å². The van der Waals surface area contributed by atoms with Crippen LogP contribution in [0.5, 0.6) is 5.75 Å². The zero-order valence-electron chi connectivity index (χ0n) is 17.9. The number of fused-ring (bicyclic) bond motifs is 1. The number of carbonyl (C=O) groups excluding carboxylic acids is 2. The second-order valence-electron chi connectivity index (χ2n) is 7.99. The van der Waals surface area contributed by atoms with Gasteiger partial charge in [-0.25, -0.2) is 9.96 Å². The van der Waals surface area contributed by atoms with Crippen molar-refractivity contribution in [3.8, 4) is 5.75 Å². The predicted octanol–water partition coefficient (Wildman–Crippen LogP) is 4.77. The highest BCUT2D eigenvalue weighted by molar-refractivity contribution is 6.24. The van der Waals surface area contributed by atoms with Crippen LogP contribution in [0.2, 0.25) is 0 Å². The molecule has 34 heavy (non-hydrogen) atoms. The standard InChI is InChI=1S/C25H19F3N2O4/c1-33-19-12-5-7-15(13-19)21-20-22(34-30(21)17-9-3-2-4-10-17)24(32)29(23(20)31)18-11-6-8-16(14-18)25(26,27)28/h2-14,20-22H,1H3/t20-,21+,22-/m1/s1. The number of carbonyl (C=O) groups is 2.